The van der Waals surface area contributed by atoms with Gasteiger partial charge in [-0.1, -0.05) is 0 Å². The van der Waals surface area contributed by atoms with Gasteiger partial charge in [-0.3, -0.25) is 19.4 Å². The van der Waals surface area contributed by atoms with Crippen LogP contribution in [0.5, 0.6) is 0 Å². The van der Waals surface area contributed by atoms with Crippen LogP contribution in [0.3, 0.4) is 0 Å². The summed E-state index contributed by atoms with van der Waals surface area (Å²) in [6, 6.07) is 0. The largest absolute Gasteiger partial charge is 0.396 e. The van der Waals surface area contributed by atoms with Crippen molar-refractivity contribution in [1.29, 1.82) is 0 Å². The first kappa shape index (κ1) is 13.0. The second kappa shape index (κ2) is 5.47. The fourth-order valence-electron chi connectivity index (χ4n) is 1.65. The third kappa shape index (κ3) is 2.87. The highest BCUT2D eigenvalue weighted by Crippen LogP contribution is 2.10. The highest BCUT2D eigenvalue weighted by atomic mass is 16.2. The fraction of sp³-hybridized carbons (Fsp3) is 0.333. The highest BCUT2D eigenvalue weighted by Gasteiger charge is 2.15. The van der Waals surface area contributed by atoms with Gasteiger partial charge in [-0.15, -0.1) is 0 Å². The molecule has 0 unspecified atom stereocenters. The highest BCUT2D eigenvalue weighted by molar-refractivity contribution is 5.97. The Morgan fingerprint density at radius 2 is 2.16 bits per heavy atom. The molecule has 7 nitrogen and oxygen atoms in total. The van der Waals surface area contributed by atoms with Crippen LogP contribution in [0, 0.1) is 6.92 Å². The fourth-order valence-corrected chi connectivity index (χ4v) is 1.65. The van der Waals surface area contributed by atoms with Crippen LogP contribution in [0.25, 0.3) is 0 Å². The molecule has 1 amide bonds. The second-order valence-corrected chi connectivity index (χ2v) is 4.10. The van der Waals surface area contributed by atoms with E-state index in [0.717, 1.165) is 5.69 Å². The minimum Gasteiger partial charge on any atom is -0.396 e. The van der Waals surface area contributed by atoms with Crippen LogP contribution < -0.4 is 11.1 Å². The number of nitrogens with two attached hydrogens (primary N) is 1. The van der Waals surface area contributed by atoms with Gasteiger partial charge in [-0.25, -0.2) is 0 Å². The van der Waals surface area contributed by atoms with Gasteiger partial charge >= 0.3 is 0 Å². The van der Waals surface area contributed by atoms with Crippen LogP contribution >= 0.6 is 0 Å². The topological polar surface area (TPSA) is 98.7 Å². The Morgan fingerprint density at radius 1 is 1.37 bits per heavy atom. The lowest BCUT2D eigenvalue weighted by molar-refractivity contribution is 0.0940. The van der Waals surface area contributed by atoms with E-state index in [0.29, 0.717) is 30.2 Å². The summed E-state index contributed by atoms with van der Waals surface area (Å²) in [6.45, 7) is 4.65. The number of hydrogen-bond acceptors (Lipinski definition) is 5. The number of rotatable bonds is 4. The molecule has 100 valence electrons. The molecule has 0 fully saturated rings. The first-order valence-corrected chi connectivity index (χ1v) is 5.98. The molecule has 0 saturated heterocycles. The number of nitrogens with zero attached hydrogens (tertiary/aromatic N) is 4. The summed E-state index contributed by atoms with van der Waals surface area (Å²) in [4.78, 5) is 20.3. The zero-order chi connectivity index (χ0) is 13.8. The molecule has 0 aliphatic carbocycles. The van der Waals surface area contributed by atoms with Crippen LogP contribution in [0.15, 0.2) is 18.6 Å². The second-order valence-electron chi connectivity index (χ2n) is 4.10. The van der Waals surface area contributed by atoms with E-state index in [2.05, 4.69) is 20.4 Å². The van der Waals surface area contributed by atoms with Crippen LogP contribution in [-0.4, -0.2) is 25.7 Å². The summed E-state index contributed by atoms with van der Waals surface area (Å²) in [6.07, 6.45) is 4.77. The molecule has 0 aliphatic rings. The van der Waals surface area contributed by atoms with Crippen molar-refractivity contribution >= 4 is 11.6 Å². The standard InChI is InChI=1S/C12H16N6O/c1-3-18-11(10(13)7-17-18)12(19)16-6-9-5-14-8(2)4-15-9/h4-5,7H,3,6,13H2,1-2H3,(H,16,19). The summed E-state index contributed by atoms with van der Waals surface area (Å²) >= 11 is 0. The third-order valence-electron chi connectivity index (χ3n) is 2.65. The summed E-state index contributed by atoms with van der Waals surface area (Å²) < 4.78 is 1.56. The number of carbonyl (C=O) groups is 1. The van der Waals surface area contributed by atoms with E-state index < -0.39 is 0 Å². The van der Waals surface area contributed by atoms with Crippen molar-refractivity contribution in [2.75, 3.05) is 5.73 Å². The zero-order valence-electron chi connectivity index (χ0n) is 10.9. The van der Waals surface area contributed by atoms with Gasteiger partial charge in [0.15, 0.2) is 0 Å². The monoisotopic (exact) mass is 260 g/mol. The molecule has 19 heavy (non-hydrogen) atoms. The minimum atomic E-state index is -0.265. The third-order valence-corrected chi connectivity index (χ3v) is 2.65. The number of hydrogen-bond donors (Lipinski definition) is 2. The lowest BCUT2D eigenvalue weighted by Gasteiger charge is -2.07. The Kier molecular flexibility index (Phi) is 3.74. The SMILES string of the molecule is CCn1ncc(N)c1C(=O)NCc1cnc(C)cn1. The van der Waals surface area contributed by atoms with E-state index in [1.54, 1.807) is 17.1 Å². The number of nitrogens with one attached hydrogen (secondary N) is 1. The van der Waals surface area contributed by atoms with Gasteiger partial charge in [0, 0.05) is 12.7 Å². The Balaban J connectivity index is 2.05. The van der Waals surface area contributed by atoms with E-state index in [4.69, 9.17) is 5.73 Å². The molecule has 0 aliphatic heterocycles. The summed E-state index contributed by atoms with van der Waals surface area (Å²) in [5.41, 5.74) is 8.01. The van der Waals surface area contributed by atoms with Crippen LogP contribution in [0.2, 0.25) is 0 Å². The maximum Gasteiger partial charge on any atom is 0.272 e. The van der Waals surface area contributed by atoms with Gasteiger partial charge in [0.05, 0.1) is 36.0 Å². The van der Waals surface area contributed by atoms with Crippen molar-refractivity contribution in [1.82, 2.24) is 25.1 Å². The molecular weight excluding hydrogens is 244 g/mol. The average molecular weight is 260 g/mol. The maximum absolute atomic E-state index is 12.0. The molecule has 2 rings (SSSR count). The molecule has 2 heterocycles. The Morgan fingerprint density at radius 3 is 2.79 bits per heavy atom. The van der Waals surface area contributed by atoms with Gasteiger partial charge < -0.3 is 11.1 Å². The van der Waals surface area contributed by atoms with Crippen LogP contribution in [0.1, 0.15) is 28.8 Å². The number of aryl methyl sites for hydroxylation is 2. The van der Waals surface area contributed by atoms with Crippen molar-refractivity contribution in [3.8, 4) is 0 Å². The summed E-state index contributed by atoms with van der Waals surface area (Å²) in [5.74, 6) is -0.265. The minimum absolute atomic E-state index is 0.265. The van der Waals surface area contributed by atoms with Crippen molar-refractivity contribution in [2.45, 2.75) is 26.9 Å². The molecule has 0 saturated carbocycles. The van der Waals surface area contributed by atoms with E-state index in [1.807, 2.05) is 13.8 Å². The predicted molar refractivity (Wildman–Crippen MR) is 70.3 cm³/mol. The zero-order valence-corrected chi connectivity index (χ0v) is 10.9. The molecule has 0 bridgehead atoms. The molecule has 0 atom stereocenters. The Bertz CT molecular complexity index is 574. The van der Waals surface area contributed by atoms with Gasteiger partial charge in [0.1, 0.15) is 5.69 Å². The quantitative estimate of drug-likeness (QED) is 0.834. The smallest absolute Gasteiger partial charge is 0.272 e. The molecule has 3 N–H and O–H groups in total. The van der Waals surface area contributed by atoms with Crippen LogP contribution in [-0.2, 0) is 13.1 Å². The van der Waals surface area contributed by atoms with Crippen molar-refractivity contribution in [3.05, 3.63) is 35.7 Å². The normalized spacial score (nSPS) is 10.4. The van der Waals surface area contributed by atoms with E-state index >= 15 is 0 Å². The lowest BCUT2D eigenvalue weighted by Crippen LogP contribution is -2.27. The Hall–Kier alpha value is -2.44. The summed E-state index contributed by atoms with van der Waals surface area (Å²) in [7, 11) is 0. The molecule has 7 heteroatoms. The van der Waals surface area contributed by atoms with Crippen molar-refractivity contribution in [2.24, 2.45) is 0 Å². The van der Waals surface area contributed by atoms with E-state index in [1.165, 1.54) is 6.20 Å². The van der Waals surface area contributed by atoms with E-state index in [-0.39, 0.29) is 5.91 Å². The maximum atomic E-state index is 12.0. The van der Waals surface area contributed by atoms with E-state index in [9.17, 15) is 4.79 Å². The number of aromatic nitrogens is 4. The average Bonchev–Trinajstić information content (AvgIpc) is 2.79. The Labute approximate surface area is 110 Å². The van der Waals surface area contributed by atoms with Gasteiger partial charge in [-0.2, -0.15) is 5.10 Å². The molecule has 2 aromatic rings. The lowest BCUT2D eigenvalue weighted by atomic mass is 10.3. The molecule has 0 radical (unpaired) electrons. The first-order valence-electron chi connectivity index (χ1n) is 5.98. The molecule has 0 spiro atoms. The van der Waals surface area contributed by atoms with Crippen molar-refractivity contribution < 1.29 is 4.79 Å². The molecule has 2 aromatic heterocycles. The van der Waals surface area contributed by atoms with Crippen molar-refractivity contribution in [3.63, 3.8) is 0 Å². The van der Waals surface area contributed by atoms with Crippen LogP contribution in [0.4, 0.5) is 5.69 Å². The first-order chi connectivity index (χ1) is 9.11. The van der Waals surface area contributed by atoms with Gasteiger partial charge in [0.25, 0.3) is 5.91 Å². The van der Waals surface area contributed by atoms with Gasteiger partial charge in [-0.05, 0) is 13.8 Å². The number of anilines is 1. The molecule has 0 aromatic carbocycles. The number of nitrogen functional groups attached to an aromatic ring is 1. The summed E-state index contributed by atoms with van der Waals surface area (Å²) in [5, 5.41) is 6.78. The molecular formula is C12H16N6O. The van der Waals surface area contributed by atoms with Gasteiger partial charge in [0.2, 0.25) is 0 Å². The predicted octanol–water partition coefficient (Wildman–Crippen LogP) is 0.514. The number of amides is 1. The number of carbonyl (C=O) groups excluding carboxylic acids is 1.